The van der Waals surface area contributed by atoms with E-state index in [1.54, 1.807) is 0 Å². The number of hydrogen-bond acceptors (Lipinski definition) is 4. The average Bonchev–Trinajstić information content (AvgIpc) is 2.28. The molecular formula is C11H17N3O4. The van der Waals surface area contributed by atoms with Crippen molar-refractivity contribution in [3.05, 3.63) is 0 Å². The molecule has 0 aromatic heterocycles. The van der Waals surface area contributed by atoms with Crippen molar-refractivity contribution in [2.75, 3.05) is 6.54 Å². The molecule has 0 aromatic carbocycles. The van der Waals surface area contributed by atoms with Crippen LogP contribution in [0.1, 0.15) is 32.6 Å². The molecule has 1 heterocycles. The van der Waals surface area contributed by atoms with Gasteiger partial charge in [-0.1, -0.05) is 13.3 Å². The van der Waals surface area contributed by atoms with E-state index in [1.807, 2.05) is 6.92 Å². The Morgan fingerprint density at radius 3 is 2.61 bits per heavy atom. The highest BCUT2D eigenvalue weighted by molar-refractivity contribution is 6.16. The van der Waals surface area contributed by atoms with E-state index >= 15 is 0 Å². The molecule has 3 N–H and O–H groups in total. The van der Waals surface area contributed by atoms with Gasteiger partial charge < -0.3 is 5.73 Å². The molecular weight excluding hydrogens is 238 g/mol. The van der Waals surface area contributed by atoms with E-state index in [-0.39, 0.29) is 13.0 Å². The van der Waals surface area contributed by atoms with Gasteiger partial charge in [0.1, 0.15) is 5.92 Å². The van der Waals surface area contributed by atoms with Crippen LogP contribution in [0.5, 0.6) is 0 Å². The van der Waals surface area contributed by atoms with E-state index < -0.39 is 29.7 Å². The molecule has 0 bridgehead atoms. The van der Waals surface area contributed by atoms with Crippen molar-refractivity contribution in [1.29, 1.82) is 0 Å². The molecule has 1 rings (SSSR count). The Bertz CT molecular complexity index is 380. The number of amides is 5. The molecule has 1 atom stereocenters. The number of nitrogens with two attached hydrogens (primary N) is 1. The second-order valence-electron chi connectivity index (χ2n) is 4.20. The molecule has 1 aliphatic heterocycles. The zero-order valence-electron chi connectivity index (χ0n) is 10.3. The molecule has 1 saturated heterocycles. The number of hydrogen-bond donors (Lipinski definition) is 2. The molecule has 0 radical (unpaired) electrons. The topological polar surface area (TPSA) is 110 Å². The highest BCUT2D eigenvalue weighted by atomic mass is 16.2. The monoisotopic (exact) mass is 255 g/mol. The highest BCUT2D eigenvalue weighted by Gasteiger charge is 2.39. The Hall–Kier alpha value is -1.92. The fourth-order valence-corrected chi connectivity index (χ4v) is 1.83. The van der Waals surface area contributed by atoms with Crippen LogP contribution in [0.15, 0.2) is 0 Å². The van der Waals surface area contributed by atoms with Gasteiger partial charge in [0.2, 0.25) is 17.7 Å². The summed E-state index contributed by atoms with van der Waals surface area (Å²) in [5, 5.41) is 2.14. The molecule has 5 amide bonds. The van der Waals surface area contributed by atoms with E-state index in [2.05, 4.69) is 5.32 Å². The molecule has 7 nitrogen and oxygen atoms in total. The molecule has 0 aromatic rings. The molecule has 18 heavy (non-hydrogen) atoms. The van der Waals surface area contributed by atoms with Crippen molar-refractivity contribution in [2.45, 2.75) is 32.6 Å². The summed E-state index contributed by atoms with van der Waals surface area (Å²) in [7, 11) is 0. The van der Waals surface area contributed by atoms with Crippen LogP contribution < -0.4 is 11.1 Å². The fraction of sp³-hybridized carbons (Fsp3) is 0.636. The number of barbiturate groups is 1. The number of urea groups is 1. The normalized spacial score (nSPS) is 19.9. The van der Waals surface area contributed by atoms with E-state index in [0.717, 1.165) is 4.90 Å². The Morgan fingerprint density at radius 2 is 2.06 bits per heavy atom. The third kappa shape index (κ3) is 3.28. The van der Waals surface area contributed by atoms with Gasteiger partial charge >= 0.3 is 6.03 Å². The first kappa shape index (κ1) is 14.1. The lowest BCUT2D eigenvalue weighted by molar-refractivity contribution is -0.143. The first-order chi connectivity index (χ1) is 8.47. The number of nitrogens with zero attached hydrogens (tertiary/aromatic N) is 1. The minimum atomic E-state index is -0.804. The third-order valence-corrected chi connectivity index (χ3v) is 2.74. The van der Waals surface area contributed by atoms with Gasteiger partial charge in [-0.15, -0.1) is 0 Å². The predicted octanol–water partition coefficient (Wildman–Crippen LogP) is -0.253. The SMILES string of the molecule is CCCC1C(=O)NC(=O)N(CCCC(N)=O)C1=O. The first-order valence-corrected chi connectivity index (χ1v) is 5.91. The average molecular weight is 255 g/mol. The lowest BCUT2D eigenvalue weighted by Gasteiger charge is -2.29. The van der Waals surface area contributed by atoms with Crippen molar-refractivity contribution in [3.8, 4) is 0 Å². The minimum Gasteiger partial charge on any atom is -0.370 e. The van der Waals surface area contributed by atoms with Crippen molar-refractivity contribution in [2.24, 2.45) is 11.7 Å². The van der Waals surface area contributed by atoms with Gasteiger partial charge in [-0.05, 0) is 12.8 Å². The Balaban J connectivity index is 2.65. The molecule has 0 spiro atoms. The van der Waals surface area contributed by atoms with Gasteiger partial charge in [0, 0.05) is 13.0 Å². The van der Waals surface area contributed by atoms with Crippen LogP contribution in [0.25, 0.3) is 0 Å². The maximum atomic E-state index is 11.9. The number of primary amides is 1. The molecule has 1 unspecified atom stereocenters. The molecule has 100 valence electrons. The molecule has 0 aliphatic carbocycles. The van der Waals surface area contributed by atoms with Crippen LogP contribution in [-0.2, 0) is 14.4 Å². The third-order valence-electron chi connectivity index (χ3n) is 2.74. The van der Waals surface area contributed by atoms with Gasteiger partial charge in [-0.3, -0.25) is 24.6 Å². The number of carbonyl (C=O) groups is 4. The smallest absolute Gasteiger partial charge is 0.330 e. The largest absolute Gasteiger partial charge is 0.370 e. The van der Waals surface area contributed by atoms with E-state index in [4.69, 9.17) is 5.73 Å². The second kappa shape index (κ2) is 6.13. The minimum absolute atomic E-state index is 0.0983. The van der Waals surface area contributed by atoms with Crippen molar-refractivity contribution in [1.82, 2.24) is 10.2 Å². The molecule has 1 aliphatic rings. The number of imide groups is 2. The summed E-state index contributed by atoms with van der Waals surface area (Å²) < 4.78 is 0. The van der Waals surface area contributed by atoms with Crippen LogP contribution in [0, 0.1) is 5.92 Å². The van der Waals surface area contributed by atoms with Crippen molar-refractivity contribution >= 4 is 23.8 Å². The van der Waals surface area contributed by atoms with Gasteiger partial charge in [0.25, 0.3) is 0 Å². The van der Waals surface area contributed by atoms with Crippen LogP contribution >= 0.6 is 0 Å². The first-order valence-electron chi connectivity index (χ1n) is 5.91. The van der Waals surface area contributed by atoms with Gasteiger partial charge in [-0.25, -0.2) is 4.79 Å². The zero-order valence-corrected chi connectivity index (χ0v) is 10.3. The van der Waals surface area contributed by atoms with Gasteiger partial charge in [0.15, 0.2) is 0 Å². The number of nitrogens with one attached hydrogen (secondary N) is 1. The Kier molecular flexibility index (Phi) is 4.82. The highest BCUT2D eigenvalue weighted by Crippen LogP contribution is 2.16. The van der Waals surface area contributed by atoms with Crippen LogP contribution in [0.3, 0.4) is 0 Å². The summed E-state index contributed by atoms with van der Waals surface area (Å²) in [4.78, 5) is 46.5. The summed E-state index contributed by atoms with van der Waals surface area (Å²) in [5.74, 6) is -2.32. The quantitative estimate of drug-likeness (QED) is 0.637. The molecule has 0 saturated carbocycles. The summed E-state index contributed by atoms with van der Waals surface area (Å²) >= 11 is 0. The molecule has 7 heteroatoms. The van der Waals surface area contributed by atoms with Crippen LogP contribution in [0.2, 0.25) is 0 Å². The number of carbonyl (C=O) groups excluding carboxylic acids is 4. The summed E-state index contributed by atoms with van der Waals surface area (Å²) in [6.07, 6.45) is 1.49. The zero-order chi connectivity index (χ0) is 13.7. The summed E-state index contributed by atoms with van der Waals surface area (Å²) in [5.41, 5.74) is 4.98. The predicted molar refractivity (Wildman–Crippen MR) is 62.1 cm³/mol. The fourth-order valence-electron chi connectivity index (χ4n) is 1.83. The summed E-state index contributed by atoms with van der Waals surface area (Å²) in [6, 6.07) is -0.721. The maximum absolute atomic E-state index is 11.9. The van der Waals surface area contributed by atoms with E-state index in [1.165, 1.54) is 0 Å². The van der Waals surface area contributed by atoms with Crippen molar-refractivity contribution in [3.63, 3.8) is 0 Å². The molecule has 1 fully saturated rings. The van der Waals surface area contributed by atoms with E-state index in [9.17, 15) is 19.2 Å². The Labute approximate surface area is 105 Å². The Morgan fingerprint density at radius 1 is 1.39 bits per heavy atom. The standard InChI is InChI=1S/C11H17N3O4/c1-2-4-7-9(16)13-11(18)14(10(7)17)6-3-5-8(12)15/h7H,2-6H2,1H3,(H2,12,15)(H,13,16,18). The number of rotatable bonds is 6. The van der Waals surface area contributed by atoms with Crippen LogP contribution in [-0.4, -0.2) is 35.2 Å². The van der Waals surface area contributed by atoms with Gasteiger partial charge in [-0.2, -0.15) is 0 Å². The van der Waals surface area contributed by atoms with Gasteiger partial charge in [0.05, 0.1) is 0 Å². The van der Waals surface area contributed by atoms with Crippen LogP contribution in [0.4, 0.5) is 4.79 Å². The lowest BCUT2D eigenvalue weighted by atomic mass is 9.99. The van der Waals surface area contributed by atoms with E-state index in [0.29, 0.717) is 19.3 Å². The van der Waals surface area contributed by atoms with Crippen molar-refractivity contribution < 1.29 is 19.2 Å². The second-order valence-corrected chi connectivity index (χ2v) is 4.20. The summed E-state index contributed by atoms with van der Waals surface area (Å²) in [6.45, 7) is 1.95. The lowest BCUT2D eigenvalue weighted by Crippen LogP contribution is -2.58. The maximum Gasteiger partial charge on any atom is 0.330 e.